The second kappa shape index (κ2) is 6.22. The maximum Gasteiger partial charge on any atom is 0.352 e. The first-order valence-electron chi connectivity index (χ1n) is 5.93. The number of nitrogens with one attached hydrogen (secondary N) is 1. The van der Waals surface area contributed by atoms with Crippen molar-refractivity contribution in [3.63, 3.8) is 0 Å². The Kier molecular flexibility index (Phi) is 4.36. The highest BCUT2D eigenvalue weighted by Crippen LogP contribution is 2.17. The van der Waals surface area contributed by atoms with Gasteiger partial charge in [-0.3, -0.25) is 20.0 Å². The fourth-order valence-electron chi connectivity index (χ4n) is 1.50. The minimum atomic E-state index is -0.823. The third-order valence-electron chi connectivity index (χ3n) is 2.51. The Morgan fingerprint density at radius 1 is 1.32 bits per heavy atom. The molecule has 7 N–H and O–H groups in total. The molecule has 0 saturated carbocycles. The molecular weight excluding hydrogens is 314 g/mol. The smallest absolute Gasteiger partial charge is 0.352 e. The molecule has 0 spiro atoms. The summed E-state index contributed by atoms with van der Waals surface area (Å²) in [6.07, 6.45) is 1.34. The SMILES string of the molecule is N/C(=N/C(=O)N1C=NCC1)NC(=O)c1nc(Cl)c(N)nc1N. The number of carbonyl (C=O) groups excluding carboxylic acids is 2. The highest BCUT2D eigenvalue weighted by molar-refractivity contribution is 6.31. The summed E-state index contributed by atoms with van der Waals surface area (Å²) in [5, 5.41) is 1.97. The molecule has 0 aromatic carbocycles. The monoisotopic (exact) mass is 325 g/mol. The van der Waals surface area contributed by atoms with Gasteiger partial charge < -0.3 is 17.2 Å². The largest absolute Gasteiger partial charge is 0.382 e. The Bertz CT molecular complexity index is 687. The lowest BCUT2D eigenvalue weighted by atomic mass is 10.4. The molecule has 1 aliphatic rings. The lowest BCUT2D eigenvalue weighted by Crippen LogP contribution is -2.39. The van der Waals surface area contributed by atoms with Gasteiger partial charge in [-0.15, -0.1) is 0 Å². The second-order valence-electron chi connectivity index (χ2n) is 4.08. The molecule has 1 aromatic rings. The predicted molar refractivity (Wildman–Crippen MR) is 80.4 cm³/mol. The molecular formula is C10H12ClN9O2. The molecule has 3 amide bonds. The molecule has 1 aliphatic heterocycles. The maximum absolute atomic E-state index is 11.9. The summed E-state index contributed by atoms with van der Waals surface area (Å²) in [5.74, 6) is -1.59. The molecule has 0 unspecified atom stereocenters. The van der Waals surface area contributed by atoms with Crippen LogP contribution in [0.4, 0.5) is 16.4 Å². The van der Waals surface area contributed by atoms with Crippen LogP contribution in [0.15, 0.2) is 9.98 Å². The molecule has 11 nitrogen and oxygen atoms in total. The number of rotatable bonds is 1. The van der Waals surface area contributed by atoms with Crippen molar-refractivity contribution in [1.29, 1.82) is 0 Å². The highest BCUT2D eigenvalue weighted by Gasteiger charge is 2.18. The van der Waals surface area contributed by atoms with Gasteiger partial charge in [-0.2, -0.15) is 4.99 Å². The van der Waals surface area contributed by atoms with E-state index in [0.717, 1.165) is 0 Å². The Labute approximate surface area is 129 Å². The van der Waals surface area contributed by atoms with Gasteiger partial charge >= 0.3 is 6.03 Å². The fraction of sp³-hybridized carbons (Fsp3) is 0.200. The van der Waals surface area contributed by atoms with E-state index in [1.54, 1.807) is 0 Å². The van der Waals surface area contributed by atoms with Crippen LogP contribution in [0.25, 0.3) is 0 Å². The standard InChI is InChI=1S/C10H12ClN9O2/c11-5-7(13)17-6(12)4(16-5)8(21)18-9(14)19-10(22)20-2-1-15-3-20/h3H,1-2H2,(H4,12,13,17)(H3,14,18,19,21,22). The first-order chi connectivity index (χ1) is 10.4. The Hall–Kier alpha value is -2.95. The second-order valence-corrected chi connectivity index (χ2v) is 4.44. The van der Waals surface area contributed by atoms with E-state index in [4.69, 9.17) is 28.8 Å². The molecule has 2 rings (SSSR count). The van der Waals surface area contributed by atoms with E-state index in [-0.39, 0.29) is 22.5 Å². The van der Waals surface area contributed by atoms with Crippen LogP contribution >= 0.6 is 11.6 Å². The van der Waals surface area contributed by atoms with Gasteiger partial charge in [0, 0.05) is 6.54 Å². The number of amides is 3. The summed E-state index contributed by atoms with van der Waals surface area (Å²) in [6, 6.07) is -0.659. The van der Waals surface area contributed by atoms with Crippen molar-refractivity contribution in [2.45, 2.75) is 0 Å². The summed E-state index contributed by atoms with van der Waals surface area (Å²) in [4.78, 5) is 39.6. The number of guanidine groups is 1. The fourth-order valence-corrected chi connectivity index (χ4v) is 1.63. The third kappa shape index (κ3) is 3.38. The molecule has 0 bridgehead atoms. The van der Waals surface area contributed by atoms with Gasteiger partial charge in [-0.25, -0.2) is 14.8 Å². The van der Waals surface area contributed by atoms with Crippen LogP contribution in [0.5, 0.6) is 0 Å². The molecule has 2 heterocycles. The third-order valence-corrected chi connectivity index (χ3v) is 2.79. The number of halogens is 1. The van der Waals surface area contributed by atoms with Crippen LogP contribution in [0.2, 0.25) is 5.15 Å². The predicted octanol–water partition coefficient (Wildman–Crippen LogP) is -1.20. The van der Waals surface area contributed by atoms with Gasteiger partial charge in [0.15, 0.2) is 22.5 Å². The zero-order valence-electron chi connectivity index (χ0n) is 11.2. The number of aromatic nitrogens is 2. The molecule has 0 aliphatic carbocycles. The van der Waals surface area contributed by atoms with Crippen LogP contribution in [-0.2, 0) is 0 Å². The molecule has 0 radical (unpaired) electrons. The Balaban J connectivity index is 2.09. The first-order valence-corrected chi connectivity index (χ1v) is 6.31. The summed E-state index contributed by atoms with van der Waals surface area (Å²) in [5.41, 5.74) is 16.1. The van der Waals surface area contributed by atoms with Crippen LogP contribution in [0.3, 0.4) is 0 Å². The van der Waals surface area contributed by atoms with Crippen molar-refractivity contribution in [3.8, 4) is 0 Å². The van der Waals surface area contributed by atoms with Crippen LogP contribution in [0.1, 0.15) is 10.5 Å². The average Bonchev–Trinajstić information content (AvgIpc) is 2.96. The van der Waals surface area contributed by atoms with Crippen LogP contribution in [-0.4, -0.2) is 52.2 Å². The van der Waals surface area contributed by atoms with Gasteiger partial charge in [0.1, 0.15) is 0 Å². The zero-order valence-corrected chi connectivity index (χ0v) is 11.9. The molecule has 0 fully saturated rings. The minimum Gasteiger partial charge on any atom is -0.382 e. The van der Waals surface area contributed by atoms with E-state index in [9.17, 15) is 9.59 Å². The van der Waals surface area contributed by atoms with Crippen molar-refractivity contribution in [3.05, 3.63) is 10.8 Å². The van der Waals surface area contributed by atoms with Crippen LogP contribution in [0, 0.1) is 0 Å². The van der Waals surface area contributed by atoms with Crippen molar-refractivity contribution < 1.29 is 9.59 Å². The molecule has 0 saturated heterocycles. The number of hydrogen-bond donors (Lipinski definition) is 4. The van der Waals surface area contributed by atoms with Crippen molar-refractivity contribution >= 4 is 47.5 Å². The molecule has 0 atom stereocenters. The number of nitrogens with zero attached hydrogens (tertiary/aromatic N) is 5. The molecule has 22 heavy (non-hydrogen) atoms. The normalized spacial score (nSPS) is 14.2. The van der Waals surface area contributed by atoms with E-state index in [0.29, 0.717) is 13.1 Å². The number of aliphatic imine (C=N–C) groups is 2. The summed E-state index contributed by atoms with van der Waals surface area (Å²) in [7, 11) is 0. The highest BCUT2D eigenvalue weighted by atomic mass is 35.5. The Morgan fingerprint density at radius 3 is 2.68 bits per heavy atom. The molecule has 12 heteroatoms. The van der Waals surface area contributed by atoms with Gasteiger partial charge in [-0.1, -0.05) is 11.6 Å². The summed E-state index contributed by atoms with van der Waals surface area (Å²) < 4.78 is 0. The first kappa shape index (κ1) is 15.4. The number of nitrogens with two attached hydrogens (primary N) is 3. The number of carbonyl (C=O) groups is 2. The van der Waals surface area contributed by atoms with Gasteiger partial charge in [0.25, 0.3) is 5.91 Å². The van der Waals surface area contributed by atoms with E-state index < -0.39 is 17.9 Å². The lowest BCUT2D eigenvalue weighted by molar-refractivity contribution is 0.0972. The van der Waals surface area contributed by atoms with E-state index in [1.807, 2.05) is 0 Å². The number of hydrogen-bond acceptors (Lipinski definition) is 7. The number of anilines is 2. The van der Waals surface area contributed by atoms with Crippen molar-refractivity contribution in [1.82, 2.24) is 20.2 Å². The van der Waals surface area contributed by atoms with E-state index in [2.05, 4.69) is 25.3 Å². The quantitative estimate of drug-likeness (QED) is 0.370. The summed E-state index contributed by atoms with van der Waals surface area (Å²) >= 11 is 5.67. The zero-order chi connectivity index (χ0) is 16.3. The van der Waals surface area contributed by atoms with Gasteiger partial charge in [0.05, 0.1) is 12.9 Å². The topological polar surface area (TPSA) is 178 Å². The Morgan fingerprint density at radius 2 is 2.05 bits per heavy atom. The average molecular weight is 326 g/mol. The minimum absolute atomic E-state index is 0.110. The van der Waals surface area contributed by atoms with Crippen molar-refractivity contribution in [2.75, 3.05) is 24.6 Å². The van der Waals surface area contributed by atoms with Gasteiger partial charge in [-0.05, 0) is 0 Å². The number of urea groups is 1. The maximum atomic E-state index is 11.9. The van der Waals surface area contributed by atoms with Crippen molar-refractivity contribution in [2.24, 2.45) is 15.7 Å². The van der Waals surface area contributed by atoms with E-state index in [1.165, 1.54) is 11.2 Å². The summed E-state index contributed by atoms with van der Waals surface area (Å²) in [6.45, 7) is 0.888. The lowest BCUT2D eigenvalue weighted by Gasteiger charge is -2.09. The molecule has 116 valence electrons. The number of nitrogen functional groups attached to an aromatic ring is 2. The van der Waals surface area contributed by atoms with E-state index >= 15 is 0 Å². The van der Waals surface area contributed by atoms with Gasteiger partial charge in [0.2, 0.25) is 5.96 Å². The molecule has 1 aromatic heterocycles. The van der Waals surface area contributed by atoms with Crippen LogP contribution < -0.4 is 22.5 Å².